The topological polar surface area (TPSA) is 55.4 Å². The molecule has 0 heterocycles. The van der Waals surface area contributed by atoms with Gasteiger partial charge in [-0.3, -0.25) is 4.72 Å². The highest BCUT2D eigenvalue weighted by Gasteiger charge is 2.37. The second kappa shape index (κ2) is 4.59. The highest BCUT2D eigenvalue weighted by molar-refractivity contribution is 7.92. The Morgan fingerprint density at radius 2 is 1.95 bits per heavy atom. The summed E-state index contributed by atoms with van der Waals surface area (Å²) in [5.74, 6) is -0.456. The van der Waals surface area contributed by atoms with Crippen molar-refractivity contribution in [3.05, 3.63) is 23.8 Å². The van der Waals surface area contributed by atoms with E-state index in [0.29, 0.717) is 12.8 Å². The highest BCUT2D eigenvalue weighted by Crippen LogP contribution is 2.43. The number of para-hydroxylation sites is 1. The molecule has 1 aliphatic rings. The van der Waals surface area contributed by atoms with Gasteiger partial charge in [-0.1, -0.05) is 6.07 Å². The molecule has 19 heavy (non-hydrogen) atoms. The fraction of sp³-hybridized carbons (Fsp3) is 0.455. The van der Waals surface area contributed by atoms with Crippen LogP contribution >= 0.6 is 0 Å². The summed E-state index contributed by atoms with van der Waals surface area (Å²) in [6, 6.07) is 3.25. The molecule has 1 aromatic carbocycles. The first-order valence-corrected chi connectivity index (χ1v) is 7.40. The van der Waals surface area contributed by atoms with Crippen LogP contribution in [0.25, 0.3) is 0 Å². The van der Waals surface area contributed by atoms with Crippen LogP contribution < -0.4 is 9.46 Å². The highest BCUT2D eigenvalue weighted by atomic mass is 32.2. The van der Waals surface area contributed by atoms with Crippen LogP contribution in [0.15, 0.2) is 18.2 Å². The van der Waals surface area contributed by atoms with Gasteiger partial charge in [0.15, 0.2) is 5.75 Å². The van der Waals surface area contributed by atoms with E-state index in [0.717, 1.165) is 18.4 Å². The summed E-state index contributed by atoms with van der Waals surface area (Å²) in [6.07, 6.45) is -2.66. The van der Waals surface area contributed by atoms with E-state index in [4.69, 9.17) is 4.74 Å². The summed E-state index contributed by atoms with van der Waals surface area (Å²) < 4.78 is 68.2. The van der Waals surface area contributed by atoms with Crippen molar-refractivity contribution in [2.75, 3.05) is 11.0 Å². The lowest BCUT2D eigenvalue weighted by molar-refractivity contribution is -0.139. The molecular weight excluding hydrogens is 283 g/mol. The van der Waals surface area contributed by atoms with E-state index in [1.165, 1.54) is 6.07 Å². The summed E-state index contributed by atoms with van der Waals surface area (Å²) in [6.45, 7) is 0. The van der Waals surface area contributed by atoms with Crippen LogP contribution in [0, 0.1) is 0 Å². The van der Waals surface area contributed by atoms with Gasteiger partial charge in [0.1, 0.15) is 0 Å². The number of benzene rings is 1. The maximum absolute atomic E-state index is 12.9. The lowest BCUT2D eigenvalue weighted by atomic mass is 10.1. The number of rotatable bonds is 4. The average Bonchev–Trinajstić information content (AvgIpc) is 3.00. The van der Waals surface area contributed by atoms with Crippen LogP contribution in [0.2, 0.25) is 0 Å². The second-order valence-electron chi connectivity index (χ2n) is 4.37. The lowest BCUT2D eigenvalue weighted by Gasteiger charge is -2.17. The molecule has 0 radical (unpaired) electrons. The minimum atomic E-state index is -4.60. The molecule has 1 N–H and O–H groups in total. The first kappa shape index (κ1) is 14.0. The number of hydrogen-bond donors (Lipinski definition) is 1. The van der Waals surface area contributed by atoms with Crippen molar-refractivity contribution in [2.24, 2.45) is 0 Å². The largest absolute Gasteiger partial charge is 0.488 e. The zero-order chi connectivity index (χ0) is 14.3. The number of alkyl halides is 3. The number of halogens is 3. The Morgan fingerprint density at radius 3 is 2.42 bits per heavy atom. The molecule has 0 unspecified atom stereocenters. The average molecular weight is 295 g/mol. The van der Waals surface area contributed by atoms with Gasteiger partial charge < -0.3 is 4.74 Å². The molecule has 1 aliphatic carbocycles. The van der Waals surface area contributed by atoms with Crippen molar-refractivity contribution in [3.8, 4) is 5.75 Å². The maximum atomic E-state index is 12.9. The van der Waals surface area contributed by atoms with Crippen LogP contribution in [-0.2, 0) is 16.2 Å². The number of ether oxygens (including phenoxy) is 1. The van der Waals surface area contributed by atoms with Crippen molar-refractivity contribution in [1.82, 2.24) is 0 Å². The number of sulfonamides is 1. The minimum Gasteiger partial charge on any atom is -0.488 e. The predicted octanol–water partition coefficient (Wildman–Crippen LogP) is 2.62. The Balaban J connectivity index is 2.46. The van der Waals surface area contributed by atoms with Crippen molar-refractivity contribution in [1.29, 1.82) is 0 Å². The molecule has 0 bridgehead atoms. The molecule has 0 saturated heterocycles. The molecule has 0 spiro atoms. The SMILES string of the molecule is CS(=O)(=O)Nc1cccc(C(F)(F)F)c1OC1CC1. The van der Waals surface area contributed by atoms with Crippen molar-refractivity contribution >= 4 is 15.7 Å². The van der Waals surface area contributed by atoms with E-state index in [9.17, 15) is 21.6 Å². The Kier molecular flexibility index (Phi) is 3.38. The van der Waals surface area contributed by atoms with Crippen LogP contribution in [0.1, 0.15) is 18.4 Å². The Morgan fingerprint density at radius 1 is 1.32 bits per heavy atom. The van der Waals surface area contributed by atoms with Crippen LogP contribution in [-0.4, -0.2) is 20.8 Å². The van der Waals surface area contributed by atoms with Crippen molar-refractivity contribution in [2.45, 2.75) is 25.1 Å². The third-order valence-electron chi connectivity index (χ3n) is 2.42. The molecule has 4 nitrogen and oxygen atoms in total. The second-order valence-corrected chi connectivity index (χ2v) is 6.12. The van der Waals surface area contributed by atoms with E-state index in [-0.39, 0.29) is 11.8 Å². The minimum absolute atomic E-state index is 0.191. The fourth-order valence-electron chi connectivity index (χ4n) is 1.52. The third-order valence-corrected chi connectivity index (χ3v) is 3.02. The summed E-state index contributed by atoms with van der Waals surface area (Å²) in [4.78, 5) is 0. The summed E-state index contributed by atoms with van der Waals surface area (Å²) in [7, 11) is -3.67. The van der Waals surface area contributed by atoms with Crippen molar-refractivity contribution < 1.29 is 26.3 Å². The first-order valence-electron chi connectivity index (χ1n) is 5.51. The molecule has 106 valence electrons. The summed E-state index contributed by atoms with van der Waals surface area (Å²) in [5.41, 5.74) is -1.17. The molecule has 2 rings (SSSR count). The molecular formula is C11H12F3NO3S. The first-order chi connectivity index (χ1) is 8.67. The van der Waals surface area contributed by atoms with Crippen LogP contribution in [0.4, 0.5) is 18.9 Å². The number of anilines is 1. The Bertz CT molecular complexity index is 579. The van der Waals surface area contributed by atoms with E-state index in [1.54, 1.807) is 0 Å². The zero-order valence-electron chi connectivity index (χ0n) is 9.99. The smallest absolute Gasteiger partial charge is 0.420 e. The zero-order valence-corrected chi connectivity index (χ0v) is 10.8. The lowest BCUT2D eigenvalue weighted by Crippen LogP contribution is -2.15. The molecule has 0 amide bonds. The predicted molar refractivity (Wildman–Crippen MR) is 63.6 cm³/mol. The van der Waals surface area contributed by atoms with Gasteiger partial charge >= 0.3 is 6.18 Å². The molecule has 8 heteroatoms. The van der Waals surface area contributed by atoms with E-state index in [2.05, 4.69) is 0 Å². The van der Waals surface area contributed by atoms with Gasteiger partial charge in [-0.25, -0.2) is 8.42 Å². The standard InChI is InChI=1S/C11H12F3NO3S/c1-19(16,17)15-9-4-2-3-8(11(12,13)14)10(9)18-7-5-6-7/h2-4,7,15H,5-6H2,1H3. The van der Waals surface area contributed by atoms with E-state index in [1.807, 2.05) is 4.72 Å². The van der Waals surface area contributed by atoms with Crippen LogP contribution in [0.3, 0.4) is 0 Å². The monoisotopic (exact) mass is 295 g/mol. The third kappa shape index (κ3) is 3.76. The normalized spacial score (nSPS) is 16.2. The Labute approximate surface area is 108 Å². The van der Waals surface area contributed by atoms with E-state index >= 15 is 0 Å². The van der Waals surface area contributed by atoms with Crippen molar-refractivity contribution in [3.63, 3.8) is 0 Å². The fourth-order valence-corrected chi connectivity index (χ4v) is 2.08. The number of hydrogen-bond acceptors (Lipinski definition) is 3. The quantitative estimate of drug-likeness (QED) is 0.929. The van der Waals surface area contributed by atoms with Gasteiger partial charge in [-0.05, 0) is 25.0 Å². The van der Waals surface area contributed by atoms with Gasteiger partial charge in [0.2, 0.25) is 10.0 Å². The molecule has 1 fully saturated rings. The Hall–Kier alpha value is -1.44. The van der Waals surface area contributed by atoms with Gasteiger partial charge in [0.05, 0.1) is 23.6 Å². The summed E-state index contributed by atoms with van der Waals surface area (Å²) >= 11 is 0. The van der Waals surface area contributed by atoms with Gasteiger partial charge in [0, 0.05) is 0 Å². The maximum Gasteiger partial charge on any atom is 0.420 e. The molecule has 0 atom stereocenters. The molecule has 0 aromatic heterocycles. The molecule has 0 aliphatic heterocycles. The van der Waals surface area contributed by atoms with Gasteiger partial charge in [-0.2, -0.15) is 13.2 Å². The van der Waals surface area contributed by atoms with Crippen LogP contribution in [0.5, 0.6) is 5.75 Å². The van der Waals surface area contributed by atoms with Gasteiger partial charge in [0.25, 0.3) is 0 Å². The molecule has 1 saturated carbocycles. The van der Waals surface area contributed by atoms with Gasteiger partial charge in [-0.15, -0.1) is 0 Å². The molecule has 1 aromatic rings. The number of nitrogens with one attached hydrogen (secondary N) is 1. The summed E-state index contributed by atoms with van der Waals surface area (Å²) in [5, 5.41) is 0. The van der Waals surface area contributed by atoms with E-state index < -0.39 is 27.5 Å².